The second-order valence-electron chi connectivity index (χ2n) is 8.15. The molecule has 1 heterocycles. The van der Waals surface area contributed by atoms with Crippen LogP contribution in [-0.4, -0.2) is 35.5 Å². The van der Waals surface area contributed by atoms with Gasteiger partial charge >= 0.3 is 6.03 Å². The predicted molar refractivity (Wildman–Crippen MR) is 107 cm³/mol. The summed E-state index contributed by atoms with van der Waals surface area (Å²) in [5, 5.41) is 6.28. The summed E-state index contributed by atoms with van der Waals surface area (Å²) in [6.45, 7) is 0.568. The Bertz CT molecular complexity index is 897. The molecule has 3 amide bonds. The Morgan fingerprint density at radius 2 is 1.46 bits per heavy atom. The van der Waals surface area contributed by atoms with Crippen LogP contribution in [-0.2, 0) is 24.1 Å². The van der Waals surface area contributed by atoms with Crippen LogP contribution in [0, 0.1) is 0 Å². The smallest absolute Gasteiger partial charge is 0.318 e. The normalized spacial score (nSPS) is 21.0. The summed E-state index contributed by atoms with van der Waals surface area (Å²) < 4.78 is 0. The molecular formula is C23H25N3O2. The highest BCUT2D eigenvalue weighted by Gasteiger charge is 2.38. The largest absolute Gasteiger partial charge is 0.351 e. The van der Waals surface area contributed by atoms with Gasteiger partial charge in [-0.2, -0.15) is 0 Å². The summed E-state index contributed by atoms with van der Waals surface area (Å²) in [7, 11) is 0. The number of nitrogens with zero attached hydrogens (tertiary/aromatic N) is 1. The zero-order valence-electron chi connectivity index (χ0n) is 15.9. The van der Waals surface area contributed by atoms with E-state index in [4.69, 9.17) is 0 Å². The van der Waals surface area contributed by atoms with E-state index in [1.165, 1.54) is 11.1 Å². The fourth-order valence-corrected chi connectivity index (χ4v) is 4.49. The third-order valence-corrected chi connectivity index (χ3v) is 6.09. The molecule has 0 bridgehead atoms. The Hall–Kier alpha value is -2.82. The third-order valence-electron chi connectivity index (χ3n) is 6.09. The van der Waals surface area contributed by atoms with E-state index in [1.807, 2.05) is 30.3 Å². The lowest BCUT2D eigenvalue weighted by Crippen LogP contribution is -2.52. The van der Waals surface area contributed by atoms with Gasteiger partial charge in [-0.15, -0.1) is 0 Å². The molecular weight excluding hydrogens is 350 g/mol. The molecule has 1 saturated carbocycles. The topological polar surface area (TPSA) is 61.4 Å². The van der Waals surface area contributed by atoms with Gasteiger partial charge in [-0.3, -0.25) is 4.79 Å². The average Bonchev–Trinajstić information content (AvgIpc) is 3.43. The van der Waals surface area contributed by atoms with E-state index >= 15 is 0 Å². The van der Waals surface area contributed by atoms with E-state index in [1.54, 1.807) is 4.90 Å². The minimum absolute atomic E-state index is 0.0732. The lowest BCUT2D eigenvalue weighted by atomic mass is 9.92. The second-order valence-corrected chi connectivity index (χ2v) is 8.15. The van der Waals surface area contributed by atoms with E-state index in [-0.39, 0.29) is 24.0 Å². The first kappa shape index (κ1) is 17.3. The number of hydrogen-bond acceptors (Lipinski definition) is 2. The van der Waals surface area contributed by atoms with Gasteiger partial charge in [0.05, 0.1) is 0 Å². The molecule has 0 spiro atoms. The zero-order chi connectivity index (χ0) is 19.1. The molecule has 5 rings (SSSR count). The Labute approximate surface area is 165 Å². The molecule has 2 aromatic rings. The van der Waals surface area contributed by atoms with Crippen LogP contribution in [0.15, 0.2) is 48.5 Å². The van der Waals surface area contributed by atoms with Crippen molar-refractivity contribution in [3.63, 3.8) is 0 Å². The van der Waals surface area contributed by atoms with Gasteiger partial charge in [-0.25, -0.2) is 4.79 Å². The fourth-order valence-electron chi connectivity index (χ4n) is 4.49. The quantitative estimate of drug-likeness (QED) is 0.867. The number of nitrogens with one attached hydrogen (secondary N) is 2. The number of carbonyl (C=O) groups excluding carboxylic acids is 2. The molecule has 1 fully saturated rings. The molecule has 3 aliphatic rings. The monoisotopic (exact) mass is 375 g/mol. The van der Waals surface area contributed by atoms with Crippen LogP contribution in [0.25, 0.3) is 0 Å². The zero-order valence-corrected chi connectivity index (χ0v) is 15.9. The summed E-state index contributed by atoms with van der Waals surface area (Å²) in [4.78, 5) is 27.9. The van der Waals surface area contributed by atoms with Crippen LogP contribution in [0.5, 0.6) is 0 Å². The van der Waals surface area contributed by atoms with Crippen molar-refractivity contribution in [2.24, 2.45) is 0 Å². The average molecular weight is 375 g/mol. The molecule has 0 saturated heterocycles. The maximum Gasteiger partial charge on any atom is 0.318 e. The summed E-state index contributed by atoms with van der Waals surface area (Å²) in [6.07, 6.45) is 4.56. The molecule has 0 aromatic heterocycles. The summed E-state index contributed by atoms with van der Waals surface area (Å²) in [5.74, 6) is -0.0732. The lowest BCUT2D eigenvalue weighted by molar-refractivity contribution is -0.126. The van der Waals surface area contributed by atoms with Gasteiger partial charge in [-0.05, 0) is 54.4 Å². The van der Waals surface area contributed by atoms with E-state index in [9.17, 15) is 9.59 Å². The Kier molecular flexibility index (Phi) is 4.30. The van der Waals surface area contributed by atoms with Crippen LogP contribution in [0.4, 0.5) is 4.79 Å². The Morgan fingerprint density at radius 1 is 0.821 bits per heavy atom. The number of fused-ring (bicyclic) bond motifs is 2. The van der Waals surface area contributed by atoms with E-state index < -0.39 is 6.04 Å². The number of carbonyl (C=O) groups is 2. The summed E-state index contributed by atoms with van der Waals surface area (Å²) in [5.41, 5.74) is 4.72. The van der Waals surface area contributed by atoms with Crippen molar-refractivity contribution >= 4 is 11.9 Å². The maximum absolute atomic E-state index is 13.4. The van der Waals surface area contributed by atoms with Gasteiger partial charge in [0.15, 0.2) is 0 Å². The highest BCUT2D eigenvalue weighted by Crippen LogP contribution is 2.31. The number of amides is 3. The molecule has 1 atom stereocenters. The molecule has 0 radical (unpaired) electrons. The third kappa shape index (κ3) is 3.26. The van der Waals surface area contributed by atoms with Gasteiger partial charge in [0.25, 0.3) is 0 Å². The van der Waals surface area contributed by atoms with E-state index in [2.05, 4.69) is 28.8 Å². The van der Waals surface area contributed by atoms with Crippen molar-refractivity contribution in [1.82, 2.24) is 15.5 Å². The molecule has 2 aliphatic carbocycles. The van der Waals surface area contributed by atoms with Crippen molar-refractivity contribution in [2.45, 2.75) is 50.2 Å². The van der Waals surface area contributed by atoms with Crippen molar-refractivity contribution < 1.29 is 9.59 Å². The fraction of sp³-hybridized carbons (Fsp3) is 0.391. The van der Waals surface area contributed by atoms with Crippen LogP contribution in [0.2, 0.25) is 0 Å². The van der Waals surface area contributed by atoms with E-state index in [0.29, 0.717) is 6.54 Å². The standard InChI is InChI=1S/C23H25N3O2/c27-22(24-19-13-16-6-1-2-7-17(16)14-19)21-20-8-4-3-5-15(20)11-12-26(21)23(28)25-18-9-10-18/h1-8,18-19,21H,9-14H2,(H,24,27)(H,25,28). The van der Waals surface area contributed by atoms with Gasteiger partial charge < -0.3 is 15.5 Å². The van der Waals surface area contributed by atoms with Crippen molar-refractivity contribution in [2.75, 3.05) is 6.54 Å². The van der Waals surface area contributed by atoms with Crippen molar-refractivity contribution in [3.8, 4) is 0 Å². The van der Waals surface area contributed by atoms with Gasteiger partial charge in [0.2, 0.25) is 5.91 Å². The predicted octanol–water partition coefficient (Wildman–Crippen LogP) is 2.74. The molecule has 144 valence electrons. The number of urea groups is 1. The maximum atomic E-state index is 13.4. The van der Waals surface area contributed by atoms with Gasteiger partial charge in [0.1, 0.15) is 6.04 Å². The number of rotatable bonds is 3. The molecule has 2 aromatic carbocycles. The second kappa shape index (κ2) is 6.97. The number of benzene rings is 2. The van der Waals surface area contributed by atoms with Crippen LogP contribution < -0.4 is 10.6 Å². The highest BCUT2D eigenvalue weighted by molar-refractivity contribution is 5.89. The lowest BCUT2D eigenvalue weighted by Gasteiger charge is -2.37. The first-order chi connectivity index (χ1) is 13.7. The minimum atomic E-state index is -0.563. The molecule has 28 heavy (non-hydrogen) atoms. The Balaban J connectivity index is 1.37. The van der Waals surface area contributed by atoms with Crippen LogP contribution in [0.1, 0.15) is 41.1 Å². The minimum Gasteiger partial charge on any atom is -0.351 e. The van der Waals surface area contributed by atoms with Crippen molar-refractivity contribution in [1.29, 1.82) is 0 Å². The van der Waals surface area contributed by atoms with Gasteiger partial charge in [-0.1, -0.05) is 48.5 Å². The molecule has 1 unspecified atom stereocenters. The van der Waals surface area contributed by atoms with Crippen LogP contribution >= 0.6 is 0 Å². The molecule has 5 nitrogen and oxygen atoms in total. The first-order valence-corrected chi connectivity index (χ1v) is 10.2. The van der Waals surface area contributed by atoms with Crippen molar-refractivity contribution in [3.05, 3.63) is 70.8 Å². The molecule has 1 aliphatic heterocycles. The molecule has 2 N–H and O–H groups in total. The number of hydrogen-bond donors (Lipinski definition) is 2. The van der Waals surface area contributed by atoms with E-state index in [0.717, 1.165) is 43.2 Å². The summed E-state index contributed by atoms with van der Waals surface area (Å²) >= 11 is 0. The van der Waals surface area contributed by atoms with Crippen LogP contribution in [0.3, 0.4) is 0 Å². The SMILES string of the molecule is O=C(NC1Cc2ccccc2C1)C1c2ccccc2CCN1C(=O)NC1CC1. The molecule has 5 heteroatoms. The Morgan fingerprint density at radius 3 is 2.14 bits per heavy atom. The first-order valence-electron chi connectivity index (χ1n) is 10.2. The summed E-state index contributed by atoms with van der Waals surface area (Å²) in [6, 6.07) is 16.0. The highest BCUT2D eigenvalue weighted by atomic mass is 16.2. The van der Waals surface area contributed by atoms with Gasteiger partial charge in [0, 0.05) is 18.6 Å².